The average molecular weight is 763 g/mol. The Morgan fingerprint density at radius 1 is 0.267 bits per heavy atom. The molecule has 0 aliphatic heterocycles. The molecular formula is C56H34N4. The van der Waals surface area contributed by atoms with E-state index in [9.17, 15) is 0 Å². The van der Waals surface area contributed by atoms with Crippen molar-refractivity contribution < 1.29 is 0 Å². The van der Waals surface area contributed by atoms with Gasteiger partial charge in [0.2, 0.25) is 0 Å². The van der Waals surface area contributed by atoms with E-state index < -0.39 is 0 Å². The summed E-state index contributed by atoms with van der Waals surface area (Å²) in [5.41, 5.74) is 10.9. The molecule has 0 radical (unpaired) electrons. The minimum absolute atomic E-state index is 0.718. The van der Waals surface area contributed by atoms with E-state index in [-0.39, 0.29) is 0 Å². The molecule has 0 unspecified atom stereocenters. The third-order valence-electron chi connectivity index (χ3n) is 12.5. The molecule has 0 amide bonds. The van der Waals surface area contributed by atoms with Crippen LogP contribution in [0.5, 0.6) is 0 Å². The summed E-state index contributed by atoms with van der Waals surface area (Å²) in [7, 11) is 0. The highest BCUT2D eigenvalue weighted by atomic mass is 15.0. The van der Waals surface area contributed by atoms with E-state index >= 15 is 0 Å². The predicted molar refractivity (Wildman–Crippen MR) is 252 cm³/mol. The van der Waals surface area contributed by atoms with E-state index in [0.29, 0.717) is 0 Å². The van der Waals surface area contributed by atoms with E-state index in [2.05, 4.69) is 197 Å². The highest BCUT2D eigenvalue weighted by Gasteiger charge is 2.19. The molecule has 3 heterocycles. The summed E-state index contributed by atoms with van der Waals surface area (Å²) in [5.74, 6) is 0.718. The van der Waals surface area contributed by atoms with Gasteiger partial charge in [-0.05, 0) is 93.0 Å². The maximum absolute atomic E-state index is 5.28. The SMILES string of the molecule is c1ccc(-c2nc(-c3ccccc3)c3cc4c5ccc(-n6c7ccccc7c7ccccc76)cc5c5cc(-n6c7ccccc7c7ccccc76)ccc5c4cc3n2)cc1. The molecule has 0 saturated carbocycles. The molecule has 0 aliphatic rings. The first-order chi connectivity index (χ1) is 29.8. The molecule has 3 aromatic heterocycles. The highest BCUT2D eigenvalue weighted by molar-refractivity contribution is 6.28. The van der Waals surface area contributed by atoms with Gasteiger partial charge >= 0.3 is 0 Å². The predicted octanol–water partition coefficient (Wildman–Crippen LogP) is 14.6. The van der Waals surface area contributed by atoms with Crippen LogP contribution < -0.4 is 0 Å². The smallest absolute Gasteiger partial charge is 0.160 e. The number of fused-ring (bicyclic) bond motifs is 13. The maximum Gasteiger partial charge on any atom is 0.160 e. The first-order valence-corrected chi connectivity index (χ1v) is 20.5. The lowest BCUT2D eigenvalue weighted by atomic mass is 9.91. The first-order valence-electron chi connectivity index (χ1n) is 20.5. The molecule has 60 heavy (non-hydrogen) atoms. The monoisotopic (exact) mass is 762 g/mol. The van der Waals surface area contributed by atoms with Crippen LogP contribution in [0.3, 0.4) is 0 Å². The normalized spacial score (nSPS) is 12.0. The topological polar surface area (TPSA) is 35.6 Å². The van der Waals surface area contributed by atoms with Gasteiger partial charge in [0.25, 0.3) is 0 Å². The highest BCUT2D eigenvalue weighted by Crippen LogP contribution is 2.43. The van der Waals surface area contributed by atoms with E-state index in [1.807, 2.05) is 18.2 Å². The lowest BCUT2D eigenvalue weighted by Gasteiger charge is -2.17. The minimum atomic E-state index is 0.718. The summed E-state index contributed by atoms with van der Waals surface area (Å²) >= 11 is 0. The van der Waals surface area contributed by atoms with Crippen LogP contribution in [0.25, 0.3) is 121 Å². The second-order valence-electron chi connectivity index (χ2n) is 15.7. The molecular weight excluding hydrogens is 729 g/mol. The van der Waals surface area contributed by atoms with Crippen LogP contribution in [0.1, 0.15) is 0 Å². The number of aromatic nitrogens is 4. The van der Waals surface area contributed by atoms with Gasteiger partial charge in [0.15, 0.2) is 5.82 Å². The van der Waals surface area contributed by atoms with Gasteiger partial charge in [0.1, 0.15) is 0 Å². The van der Waals surface area contributed by atoms with Crippen molar-refractivity contribution in [2.75, 3.05) is 0 Å². The van der Waals surface area contributed by atoms with E-state index in [0.717, 1.165) is 44.9 Å². The standard InChI is InChI=1S/C56H34N4/c1-3-15-35(16-4-1)55-49-33-47-39-29-27-37(59-51-23-11-7-19-41(51)42-20-8-12-24-52(42)59)31-45(39)46-32-38(60-53-25-13-9-21-43(53)44-22-10-14-26-54(44)60)28-30-40(46)48(47)34-50(49)57-56(58-55)36-17-5-2-6-18-36/h1-34H. The number of rotatable bonds is 4. The van der Waals surface area contributed by atoms with Crippen molar-refractivity contribution in [3.05, 3.63) is 206 Å². The van der Waals surface area contributed by atoms with Gasteiger partial charge in [0.05, 0.1) is 33.3 Å². The van der Waals surface area contributed by atoms with Crippen molar-refractivity contribution in [1.82, 2.24) is 19.1 Å². The zero-order valence-electron chi connectivity index (χ0n) is 32.4. The van der Waals surface area contributed by atoms with Crippen LogP contribution in [-0.4, -0.2) is 19.1 Å². The Morgan fingerprint density at radius 3 is 1.15 bits per heavy atom. The Morgan fingerprint density at radius 2 is 0.667 bits per heavy atom. The van der Waals surface area contributed by atoms with Crippen molar-refractivity contribution >= 4 is 86.8 Å². The van der Waals surface area contributed by atoms with Crippen molar-refractivity contribution in [3.8, 4) is 34.0 Å². The van der Waals surface area contributed by atoms with Gasteiger partial charge in [0, 0.05) is 49.4 Å². The second kappa shape index (κ2) is 12.7. The molecule has 13 rings (SSSR count). The van der Waals surface area contributed by atoms with Crippen LogP contribution >= 0.6 is 0 Å². The van der Waals surface area contributed by atoms with Gasteiger partial charge < -0.3 is 9.13 Å². The quantitative estimate of drug-likeness (QED) is 0.132. The molecule has 0 N–H and O–H groups in total. The van der Waals surface area contributed by atoms with Crippen LogP contribution in [0.4, 0.5) is 0 Å². The molecule has 0 fully saturated rings. The van der Waals surface area contributed by atoms with Crippen molar-refractivity contribution in [2.24, 2.45) is 0 Å². The molecule has 0 saturated heterocycles. The first kappa shape index (κ1) is 32.9. The van der Waals surface area contributed by atoms with Crippen molar-refractivity contribution in [1.29, 1.82) is 0 Å². The van der Waals surface area contributed by atoms with Crippen LogP contribution in [0, 0.1) is 0 Å². The van der Waals surface area contributed by atoms with E-state index in [1.54, 1.807) is 0 Å². The molecule has 4 nitrogen and oxygen atoms in total. The third kappa shape index (κ3) is 4.79. The van der Waals surface area contributed by atoms with Gasteiger partial charge in [-0.3, -0.25) is 0 Å². The molecule has 278 valence electrons. The van der Waals surface area contributed by atoms with Crippen LogP contribution in [-0.2, 0) is 0 Å². The molecule has 4 heteroatoms. The zero-order chi connectivity index (χ0) is 39.3. The summed E-state index contributed by atoms with van der Waals surface area (Å²) in [4.78, 5) is 10.6. The number of hydrogen-bond donors (Lipinski definition) is 0. The lowest BCUT2D eigenvalue weighted by Crippen LogP contribution is -1.97. The molecule has 0 atom stereocenters. The number of para-hydroxylation sites is 4. The van der Waals surface area contributed by atoms with Crippen molar-refractivity contribution in [2.45, 2.75) is 0 Å². The van der Waals surface area contributed by atoms with Gasteiger partial charge in [-0.15, -0.1) is 0 Å². The number of nitrogens with zero attached hydrogens (tertiary/aromatic N) is 4. The van der Waals surface area contributed by atoms with Crippen LogP contribution in [0.15, 0.2) is 206 Å². The Labute approximate surface area is 344 Å². The molecule has 0 aliphatic carbocycles. The number of benzene rings is 10. The molecule has 13 aromatic rings. The largest absolute Gasteiger partial charge is 0.309 e. The molecule has 10 aromatic carbocycles. The fourth-order valence-electron chi connectivity index (χ4n) is 9.81. The summed E-state index contributed by atoms with van der Waals surface area (Å²) in [6.07, 6.45) is 0. The Balaban J connectivity index is 1.16. The minimum Gasteiger partial charge on any atom is -0.309 e. The number of hydrogen-bond acceptors (Lipinski definition) is 2. The van der Waals surface area contributed by atoms with Gasteiger partial charge in [-0.25, -0.2) is 9.97 Å². The van der Waals surface area contributed by atoms with Crippen molar-refractivity contribution in [3.63, 3.8) is 0 Å². The third-order valence-corrected chi connectivity index (χ3v) is 12.5. The van der Waals surface area contributed by atoms with E-state index in [4.69, 9.17) is 9.97 Å². The van der Waals surface area contributed by atoms with E-state index in [1.165, 1.54) is 75.9 Å². The average Bonchev–Trinajstić information content (AvgIpc) is 3.84. The Bertz CT molecular complexity index is 3770. The Kier molecular flexibility index (Phi) is 6.98. The maximum atomic E-state index is 5.28. The Hall–Kier alpha value is -8.08. The lowest BCUT2D eigenvalue weighted by molar-refractivity contribution is 1.18. The summed E-state index contributed by atoms with van der Waals surface area (Å²) < 4.78 is 4.84. The summed E-state index contributed by atoms with van der Waals surface area (Å²) in [5, 5.41) is 13.1. The molecule has 0 spiro atoms. The van der Waals surface area contributed by atoms with Gasteiger partial charge in [-0.2, -0.15) is 0 Å². The van der Waals surface area contributed by atoms with Crippen LogP contribution in [0.2, 0.25) is 0 Å². The second-order valence-corrected chi connectivity index (χ2v) is 15.7. The fourth-order valence-corrected chi connectivity index (χ4v) is 9.81. The summed E-state index contributed by atoms with van der Waals surface area (Å²) in [6.45, 7) is 0. The molecule has 0 bridgehead atoms. The fraction of sp³-hybridized carbons (Fsp3) is 0. The van der Waals surface area contributed by atoms with Gasteiger partial charge in [-0.1, -0.05) is 146 Å². The zero-order valence-corrected chi connectivity index (χ0v) is 32.4. The summed E-state index contributed by atoms with van der Waals surface area (Å²) in [6, 6.07) is 74.5.